The summed E-state index contributed by atoms with van der Waals surface area (Å²) in [6, 6.07) is 2.18. The van der Waals surface area contributed by atoms with E-state index in [4.69, 9.17) is 0 Å². The Hall–Kier alpha value is -1.76. The number of nitrogens with one attached hydrogen (secondary N) is 1. The van der Waals surface area contributed by atoms with Crippen LogP contribution in [0.4, 0.5) is 4.39 Å². The molecule has 0 spiro atoms. The third-order valence-corrected chi connectivity index (χ3v) is 4.00. The van der Waals surface area contributed by atoms with E-state index in [1.165, 1.54) is 11.0 Å². The normalized spacial score (nSPS) is 22.0. The predicted molar refractivity (Wildman–Crippen MR) is 70.1 cm³/mol. The lowest BCUT2D eigenvalue weighted by molar-refractivity contribution is -0.136. The molecule has 0 aliphatic carbocycles. The highest BCUT2D eigenvalue weighted by Crippen LogP contribution is 2.31. The minimum Gasteiger partial charge on any atom is -0.322 e. The summed E-state index contributed by atoms with van der Waals surface area (Å²) in [5, 5.41) is 2.20. The third-order valence-electron chi connectivity index (χ3n) is 3.54. The molecule has 2 aliphatic heterocycles. The maximum absolute atomic E-state index is 13.9. The summed E-state index contributed by atoms with van der Waals surface area (Å²) in [6.45, 7) is 0.177. The van der Waals surface area contributed by atoms with Crippen LogP contribution in [-0.4, -0.2) is 28.7 Å². The summed E-state index contributed by atoms with van der Waals surface area (Å²) in [5.74, 6) is -1.94. The summed E-state index contributed by atoms with van der Waals surface area (Å²) in [6.07, 6.45) is 0.454. The molecule has 2 heterocycles. The maximum Gasteiger partial charge on any atom is 0.258 e. The van der Waals surface area contributed by atoms with E-state index in [1.54, 1.807) is 6.07 Å². The Morgan fingerprint density at radius 2 is 2.05 bits per heavy atom. The summed E-state index contributed by atoms with van der Waals surface area (Å²) in [4.78, 5) is 36.5. The van der Waals surface area contributed by atoms with Gasteiger partial charge in [0.2, 0.25) is 11.8 Å². The van der Waals surface area contributed by atoms with Crippen molar-refractivity contribution in [2.45, 2.75) is 25.4 Å². The zero-order valence-corrected chi connectivity index (χ0v) is 11.9. The number of piperidine rings is 1. The van der Waals surface area contributed by atoms with Crippen molar-refractivity contribution in [1.29, 1.82) is 0 Å². The quantitative estimate of drug-likeness (QED) is 0.785. The van der Waals surface area contributed by atoms with E-state index in [-0.39, 0.29) is 30.9 Å². The van der Waals surface area contributed by atoms with Gasteiger partial charge in [0.15, 0.2) is 0 Å². The van der Waals surface area contributed by atoms with E-state index in [1.807, 2.05) is 0 Å². The number of carbonyl (C=O) groups is 3. The molecule has 0 saturated carbocycles. The van der Waals surface area contributed by atoms with Crippen LogP contribution in [0.1, 0.15) is 28.8 Å². The fourth-order valence-electron chi connectivity index (χ4n) is 2.62. The molecule has 3 rings (SSSR count). The molecule has 2 aliphatic rings. The second kappa shape index (κ2) is 4.66. The summed E-state index contributed by atoms with van der Waals surface area (Å²) >= 11 is 3.18. The molecule has 0 aromatic heterocycles. The number of amides is 3. The van der Waals surface area contributed by atoms with Gasteiger partial charge in [-0.3, -0.25) is 19.7 Å². The number of rotatable bonds is 1. The van der Waals surface area contributed by atoms with Crippen molar-refractivity contribution in [2.24, 2.45) is 0 Å². The van der Waals surface area contributed by atoms with Crippen LogP contribution in [0.25, 0.3) is 0 Å². The van der Waals surface area contributed by atoms with Gasteiger partial charge in [-0.15, -0.1) is 0 Å². The topological polar surface area (TPSA) is 66.5 Å². The van der Waals surface area contributed by atoms with Crippen molar-refractivity contribution < 1.29 is 18.8 Å². The van der Waals surface area contributed by atoms with E-state index in [0.717, 1.165) is 0 Å². The number of halogens is 2. The number of nitrogens with zero attached hydrogens (tertiary/aromatic N) is 1. The molecule has 0 bridgehead atoms. The smallest absolute Gasteiger partial charge is 0.258 e. The van der Waals surface area contributed by atoms with Gasteiger partial charge >= 0.3 is 0 Å². The van der Waals surface area contributed by atoms with Gasteiger partial charge in [0, 0.05) is 17.4 Å². The van der Waals surface area contributed by atoms with Crippen molar-refractivity contribution in [1.82, 2.24) is 10.2 Å². The molecule has 1 atom stereocenters. The van der Waals surface area contributed by atoms with Crippen LogP contribution in [0, 0.1) is 5.82 Å². The number of fused-ring (bicyclic) bond motifs is 1. The minimum atomic E-state index is -0.717. The van der Waals surface area contributed by atoms with E-state index in [9.17, 15) is 18.8 Å². The molecular formula is C13H10BrFN2O3. The van der Waals surface area contributed by atoms with Crippen LogP contribution in [-0.2, 0) is 16.1 Å². The lowest BCUT2D eigenvalue weighted by Gasteiger charge is -2.29. The van der Waals surface area contributed by atoms with Gasteiger partial charge in [0.25, 0.3) is 5.91 Å². The maximum atomic E-state index is 13.9. The van der Waals surface area contributed by atoms with Crippen molar-refractivity contribution in [3.8, 4) is 0 Å². The first kappa shape index (κ1) is 13.2. The average Bonchev–Trinajstić information content (AvgIpc) is 2.66. The highest BCUT2D eigenvalue weighted by molar-refractivity contribution is 9.10. The highest BCUT2D eigenvalue weighted by Gasteiger charge is 2.40. The Morgan fingerprint density at radius 1 is 1.30 bits per heavy atom. The first-order chi connectivity index (χ1) is 9.47. The van der Waals surface area contributed by atoms with Gasteiger partial charge in [0.1, 0.15) is 11.9 Å². The van der Waals surface area contributed by atoms with Gasteiger partial charge < -0.3 is 4.90 Å². The molecule has 1 saturated heterocycles. The average molecular weight is 341 g/mol. The zero-order valence-electron chi connectivity index (χ0n) is 10.3. The van der Waals surface area contributed by atoms with Gasteiger partial charge in [-0.25, -0.2) is 4.39 Å². The molecule has 1 fully saturated rings. The number of hydrogen-bond donors (Lipinski definition) is 1. The van der Waals surface area contributed by atoms with Crippen LogP contribution >= 0.6 is 15.9 Å². The van der Waals surface area contributed by atoms with Crippen LogP contribution in [0.5, 0.6) is 0 Å². The number of benzene rings is 1. The standard InChI is InChI=1S/C13H10BrFN2O3/c14-7-3-6-5-17(13(20)11(6)8(15)4-7)9-1-2-10(18)16-12(9)19/h3-4,9H,1-2,5H2,(H,16,18,19). The lowest BCUT2D eigenvalue weighted by atomic mass is 10.0. The summed E-state index contributed by atoms with van der Waals surface area (Å²) < 4.78 is 14.4. The molecule has 1 aromatic rings. The van der Waals surface area contributed by atoms with Crippen LogP contribution in [0.15, 0.2) is 16.6 Å². The molecule has 1 N–H and O–H groups in total. The van der Waals surface area contributed by atoms with Crippen LogP contribution in [0.3, 0.4) is 0 Å². The number of hydrogen-bond acceptors (Lipinski definition) is 3. The Balaban J connectivity index is 1.92. The first-order valence-corrected chi connectivity index (χ1v) is 6.89. The monoisotopic (exact) mass is 340 g/mol. The molecule has 7 heteroatoms. The summed E-state index contributed by atoms with van der Waals surface area (Å²) in [7, 11) is 0. The van der Waals surface area contributed by atoms with E-state index in [0.29, 0.717) is 10.0 Å². The fraction of sp³-hybridized carbons (Fsp3) is 0.308. The second-order valence-corrected chi connectivity index (χ2v) is 5.74. The fourth-order valence-corrected chi connectivity index (χ4v) is 3.10. The molecule has 104 valence electrons. The third kappa shape index (κ3) is 2.02. The zero-order chi connectivity index (χ0) is 14.4. The molecule has 5 nitrogen and oxygen atoms in total. The van der Waals surface area contributed by atoms with Crippen LogP contribution < -0.4 is 5.32 Å². The van der Waals surface area contributed by atoms with E-state index >= 15 is 0 Å². The van der Waals surface area contributed by atoms with Crippen molar-refractivity contribution >= 4 is 33.7 Å². The largest absolute Gasteiger partial charge is 0.322 e. The Morgan fingerprint density at radius 3 is 2.75 bits per heavy atom. The highest BCUT2D eigenvalue weighted by atomic mass is 79.9. The molecule has 0 radical (unpaired) electrons. The van der Waals surface area contributed by atoms with Crippen LogP contribution in [0.2, 0.25) is 0 Å². The SMILES string of the molecule is O=C1CCC(N2Cc3cc(Br)cc(F)c3C2=O)C(=O)N1. The van der Waals surface area contributed by atoms with Gasteiger partial charge in [-0.2, -0.15) is 0 Å². The van der Waals surface area contributed by atoms with Crippen molar-refractivity contribution in [2.75, 3.05) is 0 Å². The molecule has 3 amide bonds. The first-order valence-electron chi connectivity index (χ1n) is 6.10. The molecular weight excluding hydrogens is 331 g/mol. The van der Waals surface area contributed by atoms with Crippen molar-refractivity contribution in [3.63, 3.8) is 0 Å². The minimum absolute atomic E-state index is 0.0119. The summed E-state index contributed by atoms with van der Waals surface area (Å²) in [5.41, 5.74) is 0.560. The molecule has 1 aromatic carbocycles. The van der Waals surface area contributed by atoms with E-state index < -0.39 is 23.7 Å². The van der Waals surface area contributed by atoms with Gasteiger partial charge in [0.05, 0.1) is 5.56 Å². The number of imide groups is 1. The molecule has 1 unspecified atom stereocenters. The van der Waals surface area contributed by atoms with E-state index in [2.05, 4.69) is 21.2 Å². The molecule has 20 heavy (non-hydrogen) atoms. The second-order valence-electron chi connectivity index (χ2n) is 4.82. The predicted octanol–water partition coefficient (Wildman–Crippen LogP) is 1.35. The Kier molecular flexibility index (Phi) is 3.08. The number of carbonyl (C=O) groups excluding carboxylic acids is 3. The Labute approximate surface area is 122 Å². The van der Waals surface area contributed by atoms with Crippen molar-refractivity contribution in [3.05, 3.63) is 33.5 Å². The Bertz CT molecular complexity index is 647. The van der Waals surface area contributed by atoms with Gasteiger partial charge in [-0.05, 0) is 24.1 Å². The lowest BCUT2D eigenvalue weighted by Crippen LogP contribution is -2.52. The van der Waals surface area contributed by atoms with Gasteiger partial charge in [-0.1, -0.05) is 15.9 Å².